The molecule has 0 unspecified atom stereocenters. The first-order valence-corrected chi connectivity index (χ1v) is 7.68. The Kier molecular flexibility index (Phi) is 4.93. The van der Waals surface area contributed by atoms with Crippen molar-refractivity contribution < 1.29 is 19.2 Å². The minimum Gasteiger partial charge on any atom is -0.493 e. The zero-order valence-electron chi connectivity index (χ0n) is 13.9. The molecule has 2 aromatic carbocycles. The Morgan fingerprint density at radius 1 is 1.15 bits per heavy atom. The first kappa shape index (κ1) is 17.2. The van der Waals surface area contributed by atoms with Crippen molar-refractivity contribution in [2.24, 2.45) is 0 Å². The molecule has 8 heteroatoms. The van der Waals surface area contributed by atoms with Gasteiger partial charge in [0.1, 0.15) is 6.61 Å². The lowest BCUT2D eigenvalue weighted by Crippen LogP contribution is -2.08. The number of benzene rings is 2. The second-order valence-electron chi connectivity index (χ2n) is 5.33. The van der Waals surface area contributed by atoms with Gasteiger partial charge >= 0.3 is 5.97 Å². The summed E-state index contributed by atoms with van der Waals surface area (Å²) in [5.41, 5.74) is 1.44. The lowest BCUT2D eigenvalue weighted by Gasteiger charge is -2.04. The highest BCUT2D eigenvalue weighted by Gasteiger charge is 2.20. The predicted molar refractivity (Wildman–Crippen MR) is 92.3 cm³/mol. The third kappa shape index (κ3) is 3.69. The van der Waals surface area contributed by atoms with Gasteiger partial charge in [-0.2, -0.15) is 5.10 Å². The fraction of sp³-hybridized carbons (Fsp3) is 0.111. The highest BCUT2D eigenvalue weighted by molar-refractivity contribution is 5.90. The van der Waals surface area contributed by atoms with E-state index in [0.29, 0.717) is 11.3 Å². The number of nitrogens with zero attached hydrogens (tertiary/aromatic N) is 3. The number of methoxy groups -OCH3 is 1. The lowest BCUT2D eigenvalue weighted by molar-refractivity contribution is -0.384. The first-order valence-electron chi connectivity index (χ1n) is 7.68. The number of carbonyl (C=O) groups excluding carboxylic acids is 1. The lowest BCUT2D eigenvalue weighted by atomic mass is 10.2. The van der Waals surface area contributed by atoms with Gasteiger partial charge in [-0.1, -0.05) is 18.2 Å². The van der Waals surface area contributed by atoms with Crippen LogP contribution < -0.4 is 4.74 Å². The quantitative estimate of drug-likeness (QED) is 0.384. The molecular weight excluding hydrogens is 338 g/mol. The number of hydrogen-bond donors (Lipinski definition) is 0. The van der Waals surface area contributed by atoms with Crippen LogP contribution in [0.3, 0.4) is 0 Å². The maximum Gasteiger partial charge on any atom is 0.363 e. The van der Waals surface area contributed by atoms with E-state index < -0.39 is 10.9 Å². The van der Waals surface area contributed by atoms with Gasteiger partial charge in [0.15, 0.2) is 5.75 Å². The third-order valence-corrected chi connectivity index (χ3v) is 3.63. The minimum absolute atomic E-state index is 0.0247. The van der Waals surface area contributed by atoms with Gasteiger partial charge in [-0.25, -0.2) is 9.48 Å². The smallest absolute Gasteiger partial charge is 0.363 e. The van der Waals surface area contributed by atoms with Crippen molar-refractivity contribution in [1.29, 1.82) is 0 Å². The number of nitro groups is 1. The molecule has 0 N–H and O–H groups in total. The van der Waals surface area contributed by atoms with Crippen LogP contribution in [0.4, 0.5) is 5.69 Å². The van der Waals surface area contributed by atoms with Crippen molar-refractivity contribution in [2.45, 2.75) is 6.61 Å². The second kappa shape index (κ2) is 7.47. The van der Waals surface area contributed by atoms with Crippen LogP contribution >= 0.6 is 0 Å². The Hall–Kier alpha value is -3.68. The van der Waals surface area contributed by atoms with Gasteiger partial charge in [0.05, 0.1) is 23.9 Å². The molecule has 8 nitrogen and oxygen atoms in total. The van der Waals surface area contributed by atoms with Crippen LogP contribution in [-0.4, -0.2) is 27.8 Å². The fourth-order valence-corrected chi connectivity index (χ4v) is 2.29. The number of aromatic nitrogens is 2. The molecule has 26 heavy (non-hydrogen) atoms. The predicted octanol–water partition coefficient (Wildman–Crippen LogP) is 3.15. The first-order chi connectivity index (χ1) is 12.6. The SMILES string of the molecule is COc1cn(-c2ccccc2)nc1C(=O)OCc1ccc([N+](=O)[O-])cc1. The fourth-order valence-electron chi connectivity index (χ4n) is 2.29. The number of hydrogen-bond acceptors (Lipinski definition) is 6. The molecule has 3 aromatic rings. The number of ether oxygens (including phenoxy) is 2. The van der Waals surface area contributed by atoms with Gasteiger partial charge in [-0.05, 0) is 29.8 Å². The van der Waals surface area contributed by atoms with E-state index in [0.717, 1.165) is 5.69 Å². The van der Waals surface area contributed by atoms with Gasteiger partial charge in [-0.15, -0.1) is 0 Å². The molecule has 0 radical (unpaired) electrons. The summed E-state index contributed by atoms with van der Waals surface area (Å²) in [5.74, 6) is -0.350. The molecule has 0 bridgehead atoms. The molecule has 1 heterocycles. The van der Waals surface area contributed by atoms with Crippen molar-refractivity contribution in [2.75, 3.05) is 7.11 Å². The molecular formula is C18H15N3O5. The second-order valence-corrected chi connectivity index (χ2v) is 5.33. The average Bonchev–Trinajstić information content (AvgIpc) is 3.11. The van der Waals surface area contributed by atoms with E-state index in [1.165, 1.54) is 36.1 Å². The monoisotopic (exact) mass is 353 g/mol. The Balaban J connectivity index is 1.73. The Bertz CT molecular complexity index is 920. The number of rotatable bonds is 6. The number of non-ortho nitro benzene ring substituents is 1. The third-order valence-electron chi connectivity index (χ3n) is 3.63. The van der Waals surface area contributed by atoms with Gasteiger partial charge in [0, 0.05) is 12.1 Å². The number of nitro benzene ring substituents is 1. The van der Waals surface area contributed by atoms with Gasteiger partial charge in [0.25, 0.3) is 5.69 Å². The molecule has 0 amide bonds. The van der Waals surface area contributed by atoms with Crippen LogP contribution in [0.15, 0.2) is 60.8 Å². The van der Waals surface area contributed by atoms with E-state index in [4.69, 9.17) is 9.47 Å². The number of para-hydroxylation sites is 1. The van der Waals surface area contributed by atoms with Crippen molar-refractivity contribution in [3.05, 3.63) is 82.2 Å². The molecule has 0 saturated heterocycles. The minimum atomic E-state index is -0.644. The van der Waals surface area contributed by atoms with Crippen LogP contribution in [0.25, 0.3) is 5.69 Å². The summed E-state index contributed by atoms with van der Waals surface area (Å²) in [4.78, 5) is 22.5. The van der Waals surface area contributed by atoms with Gasteiger partial charge in [-0.3, -0.25) is 10.1 Å². The van der Waals surface area contributed by atoms with Crippen LogP contribution in [0.5, 0.6) is 5.75 Å². The molecule has 1 aromatic heterocycles. The van der Waals surface area contributed by atoms with Crippen molar-refractivity contribution in [3.8, 4) is 11.4 Å². The van der Waals surface area contributed by atoms with Crippen molar-refractivity contribution in [1.82, 2.24) is 9.78 Å². The standard InChI is InChI=1S/C18H15N3O5/c1-25-16-11-20(14-5-3-2-4-6-14)19-17(16)18(22)26-12-13-7-9-15(10-8-13)21(23)24/h2-11H,12H2,1H3. The van der Waals surface area contributed by atoms with E-state index >= 15 is 0 Å². The molecule has 0 atom stereocenters. The van der Waals surface area contributed by atoms with E-state index in [-0.39, 0.29) is 18.0 Å². The molecule has 0 aliphatic heterocycles. The maximum absolute atomic E-state index is 12.3. The normalized spacial score (nSPS) is 10.3. The summed E-state index contributed by atoms with van der Waals surface area (Å²) >= 11 is 0. The van der Waals surface area contributed by atoms with Crippen molar-refractivity contribution in [3.63, 3.8) is 0 Å². The zero-order valence-corrected chi connectivity index (χ0v) is 13.9. The maximum atomic E-state index is 12.3. The summed E-state index contributed by atoms with van der Waals surface area (Å²) in [7, 11) is 1.44. The van der Waals surface area contributed by atoms with E-state index in [2.05, 4.69) is 5.10 Å². The number of carbonyl (C=O) groups is 1. The molecule has 0 fully saturated rings. The van der Waals surface area contributed by atoms with E-state index in [9.17, 15) is 14.9 Å². The van der Waals surface area contributed by atoms with Crippen molar-refractivity contribution >= 4 is 11.7 Å². The van der Waals surface area contributed by atoms with E-state index in [1.807, 2.05) is 30.3 Å². The summed E-state index contributed by atoms with van der Waals surface area (Å²) < 4.78 is 12.0. The molecule has 132 valence electrons. The van der Waals surface area contributed by atoms with Crippen LogP contribution in [0.2, 0.25) is 0 Å². The Labute approximate surface area is 148 Å². The van der Waals surface area contributed by atoms with Crippen LogP contribution in [-0.2, 0) is 11.3 Å². The molecule has 3 rings (SSSR count). The molecule has 0 aliphatic carbocycles. The molecule has 0 aliphatic rings. The summed E-state index contributed by atoms with van der Waals surface area (Å²) in [6, 6.07) is 15.1. The molecule has 0 spiro atoms. The summed E-state index contributed by atoms with van der Waals surface area (Å²) in [5, 5.41) is 14.9. The highest BCUT2D eigenvalue weighted by Crippen LogP contribution is 2.21. The van der Waals surface area contributed by atoms with Gasteiger partial charge < -0.3 is 9.47 Å². The Morgan fingerprint density at radius 3 is 2.46 bits per heavy atom. The topological polar surface area (TPSA) is 96.5 Å². The Morgan fingerprint density at radius 2 is 1.85 bits per heavy atom. The summed E-state index contributed by atoms with van der Waals surface area (Å²) in [6.07, 6.45) is 1.60. The molecule has 0 saturated carbocycles. The summed E-state index contributed by atoms with van der Waals surface area (Å²) in [6.45, 7) is -0.0296. The van der Waals surface area contributed by atoms with Crippen LogP contribution in [0, 0.1) is 10.1 Å². The highest BCUT2D eigenvalue weighted by atomic mass is 16.6. The number of esters is 1. The van der Waals surface area contributed by atoms with Crippen LogP contribution in [0.1, 0.15) is 16.1 Å². The largest absolute Gasteiger partial charge is 0.493 e. The average molecular weight is 353 g/mol. The van der Waals surface area contributed by atoms with Gasteiger partial charge in [0.2, 0.25) is 5.69 Å². The van der Waals surface area contributed by atoms with E-state index in [1.54, 1.807) is 6.20 Å². The zero-order chi connectivity index (χ0) is 18.5.